The van der Waals surface area contributed by atoms with E-state index in [1.54, 1.807) is 12.1 Å². The van der Waals surface area contributed by atoms with Crippen LogP contribution in [0.25, 0.3) is 5.70 Å². The van der Waals surface area contributed by atoms with Gasteiger partial charge in [-0.15, -0.1) is 0 Å². The molecule has 5 nitrogen and oxygen atoms in total. The van der Waals surface area contributed by atoms with Crippen LogP contribution in [0.15, 0.2) is 84.9 Å². The summed E-state index contributed by atoms with van der Waals surface area (Å²) >= 11 is 0. The topological polar surface area (TPSA) is 58.4 Å². The SMILES string of the molecule is O=[N+]([O-])c1ccc2c(c1)N1C(c3ccccc3)=CC(c3ccccc3)C3CCCCC31N2. The van der Waals surface area contributed by atoms with Crippen molar-refractivity contribution in [1.29, 1.82) is 0 Å². The molecule has 0 bridgehead atoms. The Labute approximate surface area is 187 Å². The van der Waals surface area contributed by atoms with Gasteiger partial charge in [0.15, 0.2) is 0 Å². The number of hydrogen-bond donors (Lipinski definition) is 1. The van der Waals surface area contributed by atoms with Gasteiger partial charge >= 0.3 is 0 Å². The van der Waals surface area contributed by atoms with Gasteiger partial charge < -0.3 is 10.2 Å². The van der Waals surface area contributed by atoms with E-state index in [1.807, 2.05) is 12.1 Å². The van der Waals surface area contributed by atoms with E-state index in [9.17, 15) is 10.1 Å². The zero-order chi connectivity index (χ0) is 21.7. The minimum absolute atomic E-state index is 0.132. The Kier molecular flexibility index (Phi) is 4.32. The van der Waals surface area contributed by atoms with E-state index in [2.05, 4.69) is 70.9 Å². The molecule has 1 aliphatic carbocycles. The molecule has 0 radical (unpaired) electrons. The third-order valence-corrected chi connectivity index (χ3v) is 7.39. The van der Waals surface area contributed by atoms with Crippen molar-refractivity contribution in [2.75, 3.05) is 10.2 Å². The first-order valence-corrected chi connectivity index (χ1v) is 11.4. The highest BCUT2D eigenvalue weighted by Gasteiger charge is 2.56. The van der Waals surface area contributed by atoms with Gasteiger partial charge in [-0.25, -0.2) is 0 Å². The van der Waals surface area contributed by atoms with Crippen molar-refractivity contribution in [2.45, 2.75) is 37.3 Å². The molecular weight excluding hydrogens is 398 g/mol. The van der Waals surface area contributed by atoms with Crippen molar-refractivity contribution in [3.63, 3.8) is 0 Å². The molecule has 1 saturated carbocycles. The smallest absolute Gasteiger partial charge is 0.271 e. The summed E-state index contributed by atoms with van der Waals surface area (Å²) in [5.41, 5.74) is 5.34. The molecule has 2 heterocycles. The maximum absolute atomic E-state index is 11.6. The number of benzene rings is 3. The van der Waals surface area contributed by atoms with Gasteiger partial charge in [-0.05, 0) is 36.5 Å². The predicted octanol–water partition coefficient (Wildman–Crippen LogP) is 6.55. The lowest BCUT2D eigenvalue weighted by Crippen LogP contribution is -2.60. The Balaban J connectivity index is 1.60. The normalized spacial score (nSPS) is 25.8. The van der Waals surface area contributed by atoms with Crippen molar-refractivity contribution in [3.05, 3.63) is 106 Å². The maximum Gasteiger partial charge on any atom is 0.271 e. The molecule has 6 rings (SSSR count). The molecule has 1 fully saturated rings. The van der Waals surface area contributed by atoms with Crippen LogP contribution in [0.4, 0.5) is 17.1 Å². The molecule has 160 valence electrons. The van der Waals surface area contributed by atoms with Gasteiger partial charge in [0.05, 0.1) is 16.3 Å². The second kappa shape index (κ2) is 7.23. The van der Waals surface area contributed by atoms with Crippen molar-refractivity contribution in [2.24, 2.45) is 5.92 Å². The third-order valence-electron chi connectivity index (χ3n) is 7.39. The molecule has 3 aliphatic rings. The van der Waals surface area contributed by atoms with E-state index in [0.29, 0.717) is 5.92 Å². The molecule has 32 heavy (non-hydrogen) atoms. The zero-order valence-corrected chi connectivity index (χ0v) is 17.8. The molecule has 3 aromatic rings. The highest BCUT2D eigenvalue weighted by molar-refractivity contribution is 5.94. The van der Waals surface area contributed by atoms with Crippen molar-refractivity contribution in [3.8, 4) is 0 Å². The number of fused-ring (bicyclic) bond motifs is 2. The van der Waals surface area contributed by atoms with Crippen LogP contribution >= 0.6 is 0 Å². The summed E-state index contributed by atoms with van der Waals surface area (Å²) in [7, 11) is 0. The largest absolute Gasteiger partial charge is 0.360 e. The van der Waals surface area contributed by atoms with Gasteiger partial charge in [0.1, 0.15) is 5.66 Å². The maximum atomic E-state index is 11.6. The van der Waals surface area contributed by atoms with E-state index in [1.165, 1.54) is 12.0 Å². The van der Waals surface area contributed by atoms with Gasteiger partial charge in [-0.3, -0.25) is 10.1 Å². The second-order valence-electron chi connectivity index (χ2n) is 9.05. The van der Waals surface area contributed by atoms with Gasteiger partial charge in [0.25, 0.3) is 5.69 Å². The van der Waals surface area contributed by atoms with Crippen molar-refractivity contribution >= 4 is 22.8 Å². The fourth-order valence-electron chi connectivity index (χ4n) is 6.06. The number of anilines is 2. The molecule has 1 spiro atoms. The highest BCUT2D eigenvalue weighted by Crippen LogP contribution is 2.59. The van der Waals surface area contributed by atoms with Gasteiger partial charge in [0, 0.05) is 29.7 Å². The lowest BCUT2D eigenvalue weighted by atomic mass is 9.66. The average molecular weight is 424 g/mol. The Morgan fingerprint density at radius 2 is 1.72 bits per heavy atom. The summed E-state index contributed by atoms with van der Waals surface area (Å²) < 4.78 is 0. The Morgan fingerprint density at radius 1 is 0.969 bits per heavy atom. The molecule has 5 heteroatoms. The fourth-order valence-corrected chi connectivity index (χ4v) is 6.06. The van der Waals surface area contributed by atoms with Crippen LogP contribution in [0.3, 0.4) is 0 Å². The van der Waals surface area contributed by atoms with Crippen LogP contribution in [0.2, 0.25) is 0 Å². The number of hydrogen-bond acceptors (Lipinski definition) is 4. The molecule has 0 amide bonds. The number of nitrogens with one attached hydrogen (secondary N) is 1. The number of nitro groups is 1. The first-order chi connectivity index (χ1) is 15.7. The molecule has 3 atom stereocenters. The Bertz CT molecular complexity index is 1210. The number of nitrogens with zero attached hydrogens (tertiary/aromatic N) is 2. The summed E-state index contributed by atoms with van der Waals surface area (Å²) in [5, 5.41) is 15.5. The second-order valence-corrected chi connectivity index (χ2v) is 9.05. The van der Waals surface area contributed by atoms with E-state index in [-0.39, 0.29) is 22.2 Å². The molecule has 0 aromatic heterocycles. The molecule has 2 aliphatic heterocycles. The Morgan fingerprint density at radius 3 is 2.47 bits per heavy atom. The number of allylic oxidation sites excluding steroid dienone is 1. The van der Waals surface area contributed by atoms with Crippen molar-refractivity contribution < 1.29 is 4.92 Å². The number of non-ortho nitro benzene ring substituents is 1. The minimum atomic E-state index is -0.299. The predicted molar refractivity (Wildman–Crippen MR) is 127 cm³/mol. The Hall–Kier alpha value is -3.60. The standard InChI is InChI=1S/C27H25N3O2/c31-30(32)21-14-15-24-26(17-21)29-25(20-11-5-2-6-12-20)18-22(19-9-3-1-4-10-19)23-13-7-8-16-27(23,29)28-24/h1-6,9-12,14-15,17-18,22-23,28H,7-8,13,16H2. The van der Waals surface area contributed by atoms with Crippen LogP contribution in [-0.2, 0) is 0 Å². The third kappa shape index (κ3) is 2.77. The number of rotatable bonds is 3. The first kappa shape index (κ1) is 19.1. The molecule has 1 N–H and O–H groups in total. The summed E-state index contributed by atoms with van der Waals surface area (Å²) in [5.74, 6) is 0.650. The van der Waals surface area contributed by atoms with Crippen molar-refractivity contribution in [1.82, 2.24) is 0 Å². The quantitative estimate of drug-likeness (QED) is 0.383. The van der Waals surface area contributed by atoms with Crippen LogP contribution in [-0.4, -0.2) is 10.6 Å². The molecular formula is C27H25N3O2. The first-order valence-electron chi connectivity index (χ1n) is 11.4. The van der Waals surface area contributed by atoms with Crippen LogP contribution in [0, 0.1) is 16.0 Å². The monoisotopic (exact) mass is 423 g/mol. The summed E-state index contributed by atoms with van der Waals surface area (Å²) in [6, 6.07) is 26.4. The van der Waals surface area contributed by atoms with Crippen LogP contribution in [0.1, 0.15) is 42.7 Å². The lowest BCUT2D eigenvalue weighted by Gasteiger charge is -2.54. The fraction of sp³-hybridized carbons (Fsp3) is 0.259. The van der Waals surface area contributed by atoms with Crippen LogP contribution in [0.5, 0.6) is 0 Å². The van der Waals surface area contributed by atoms with Gasteiger partial charge in [-0.2, -0.15) is 0 Å². The van der Waals surface area contributed by atoms with E-state index in [0.717, 1.165) is 41.9 Å². The summed E-state index contributed by atoms with van der Waals surface area (Å²) in [4.78, 5) is 13.7. The molecule has 3 unspecified atom stereocenters. The molecule has 0 saturated heterocycles. The molecule has 3 aromatic carbocycles. The van der Waals surface area contributed by atoms with Crippen LogP contribution < -0.4 is 10.2 Å². The van der Waals surface area contributed by atoms with E-state index < -0.39 is 0 Å². The minimum Gasteiger partial charge on any atom is -0.360 e. The highest BCUT2D eigenvalue weighted by atomic mass is 16.6. The lowest BCUT2D eigenvalue weighted by molar-refractivity contribution is -0.384. The van der Waals surface area contributed by atoms with E-state index >= 15 is 0 Å². The van der Waals surface area contributed by atoms with Gasteiger partial charge in [0.2, 0.25) is 0 Å². The summed E-state index contributed by atoms with van der Waals surface area (Å²) in [6.07, 6.45) is 6.87. The average Bonchev–Trinajstić information content (AvgIpc) is 3.17. The zero-order valence-electron chi connectivity index (χ0n) is 17.8. The van der Waals surface area contributed by atoms with Gasteiger partial charge in [-0.1, -0.05) is 73.2 Å². The summed E-state index contributed by atoms with van der Waals surface area (Å²) in [6.45, 7) is 0. The van der Waals surface area contributed by atoms with E-state index in [4.69, 9.17) is 0 Å². The number of nitro benzene ring substituents is 1.